The number of hydrogen-bond donors (Lipinski definition) is 1. The van der Waals surface area contributed by atoms with Crippen LogP contribution in [0.5, 0.6) is 0 Å². The number of thiol groups is 1. The molecule has 2 rings (SSSR count). The molecule has 21 heavy (non-hydrogen) atoms. The van der Waals surface area contributed by atoms with Crippen LogP contribution in [0.2, 0.25) is 0 Å². The number of hydrogen-bond acceptors (Lipinski definition) is 2. The van der Waals surface area contributed by atoms with E-state index < -0.39 is 0 Å². The van der Waals surface area contributed by atoms with Crippen molar-refractivity contribution in [1.82, 2.24) is 4.90 Å². The Labute approximate surface area is 132 Å². The number of rotatable bonds is 6. The summed E-state index contributed by atoms with van der Waals surface area (Å²) in [6, 6.07) is 17.4. The third kappa shape index (κ3) is 4.08. The van der Waals surface area contributed by atoms with Gasteiger partial charge in [-0.05, 0) is 31.4 Å². The number of nitrogens with zero attached hydrogens (tertiary/aromatic N) is 1. The Bertz CT molecular complexity index is 558. The average molecular weight is 303 g/mol. The van der Waals surface area contributed by atoms with Crippen molar-refractivity contribution in [3.05, 3.63) is 71.5 Å². The highest BCUT2D eigenvalue weighted by Crippen LogP contribution is 2.25. The van der Waals surface area contributed by atoms with Crippen LogP contribution in [-0.2, 0) is 0 Å². The van der Waals surface area contributed by atoms with Gasteiger partial charge < -0.3 is 0 Å². The quantitative estimate of drug-likeness (QED) is 0.767. The molecule has 0 bridgehead atoms. The molecule has 112 valence electrons. The molecule has 0 saturated heterocycles. The van der Waals surface area contributed by atoms with E-state index in [4.69, 9.17) is 0 Å². The van der Waals surface area contributed by atoms with E-state index in [1.807, 2.05) is 44.3 Å². The number of likely N-dealkylation sites (N-methyl/N-ethyl adjacent to an activating group) is 1. The highest BCUT2D eigenvalue weighted by molar-refractivity contribution is 7.80. The molecule has 0 saturated carbocycles. The van der Waals surface area contributed by atoms with Gasteiger partial charge >= 0.3 is 0 Å². The smallest absolute Gasteiger partial charge is 0.127 e. The molecule has 1 nitrogen and oxygen atoms in total. The minimum absolute atomic E-state index is 0.0392. The van der Waals surface area contributed by atoms with Crippen LogP contribution in [-0.4, -0.2) is 24.2 Å². The second kappa shape index (κ2) is 7.62. The minimum Gasteiger partial charge on any atom is -0.299 e. The van der Waals surface area contributed by atoms with Crippen molar-refractivity contribution in [2.75, 3.05) is 19.3 Å². The molecular formula is C18H22FNS. The van der Waals surface area contributed by atoms with Gasteiger partial charge in [-0.1, -0.05) is 48.5 Å². The molecule has 0 aromatic heterocycles. The summed E-state index contributed by atoms with van der Waals surface area (Å²) in [5, 5.41) is 0. The zero-order valence-electron chi connectivity index (χ0n) is 12.5. The summed E-state index contributed by atoms with van der Waals surface area (Å²) < 4.78 is 13.9. The van der Waals surface area contributed by atoms with Gasteiger partial charge in [0, 0.05) is 24.1 Å². The van der Waals surface area contributed by atoms with Gasteiger partial charge in [0.15, 0.2) is 0 Å². The molecule has 2 aromatic rings. The summed E-state index contributed by atoms with van der Waals surface area (Å²) in [7, 11) is 2.04. The predicted molar refractivity (Wildman–Crippen MR) is 90.5 cm³/mol. The summed E-state index contributed by atoms with van der Waals surface area (Å²) >= 11 is 4.48. The first-order valence-corrected chi connectivity index (χ1v) is 7.87. The van der Waals surface area contributed by atoms with Gasteiger partial charge in [-0.15, -0.1) is 0 Å². The molecule has 2 unspecified atom stereocenters. The van der Waals surface area contributed by atoms with Gasteiger partial charge in [0.1, 0.15) is 5.82 Å². The first kappa shape index (κ1) is 16.1. The molecule has 0 amide bonds. The third-order valence-corrected chi connectivity index (χ3v) is 4.46. The van der Waals surface area contributed by atoms with Crippen molar-refractivity contribution in [2.45, 2.75) is 18.9 Å². The van der Waals surface area contributed by atoms with Crippen molar-refractivity contribution in [1.29, 1.82) is 0 Å². The Kier molecular flexibility index (Phi) is 5.83. The Hall–Kier alpha value is -1.32. The van der Waals surface area contributed by atoms with Crippen LogP contribution in [0, 0.1) is 5.82 Å². The van der Waals surface area contributed by atoms with Crippen LogP contribution in [0.4, 0.5) is 4.39 Å². The molecule has 0 N–H and O–H groups in total. The molecule has 2 aromatic carbocycles. The highest BCUT2D eigenvalue weighted by Gasteiger charge is 2.19. The van der Waals surface area contributed by atoms with E-state index in [0.29, 0.717) is 5.92 Å². The fraction of sp³-hybridized carbons (Fsp3) is 0.333. The van der Waals surface area contributed by atoms with E-state index in [1.54, 1.807) is 6.07 Å². The zero-order chi connectivity index (χ0) is 15.2. The standard InChI is InChI=1S/C18H22FNS/c1-14(17-10-6-7-11-18(17)19)20(2)12-16(13-21)15-8-4-3-5-9-15/h3-11,14,16,21H,12-13H2,1-2H3. The number of halogens is 1. The van der Waals surface area contributed by atoms with Gasteiger partial charge in [-0.3, -0.25) is 4.90 Å². The lowest BCUT2D eigenvalue weighted by Crippen LogP contribution is -2.28. The molecule has 0 radical (unpaired) electrons. The lowest BCUT2D eigenvalue weighted by Gasteiger charge is -2.29. The van der Waals surface area contributed by atoms with Crippen molar-refractivity contribution >= 4 is 12.6 Å². The first-order valence-electron chi connectivity index (χ1n) is 7.24. The predicted octanol–water partition coefficient (Wildman–Crippen LogP) is 4.53. The fourth-order valence-electron chi connectivity index (χ4n) is 2.55. The summed E-state index contributed by atoms with van der Waals surface area (Å²) in [5.74, 6) is 0.978. The lowest BCUT2D eigenvalue weighted by molar-refractivity contribution is 0.245. The molecule has 0 aliphatic rings. The van der Waals surface area contributed by atoms with Gasteiger partial charge in [0.05, 0.1) is 0 Å². The average Bonchev–Trinajstić information content (AvgIpc) is 2.53. The summed E-state index contributed by atoms with van der Waals surface area (Å²) in [6.07, 6.45) is 0. The lowest BCUT2D eigenvalue weighted by atomic mass is 9.99. The van der Waals surface area contributed by atoms with Crippen LogP contribution >= 0.6 is 12.6 Å². The van der Waals surface area contributed by atoms with Crippen LogP contribution < -0.4 is 0 Å². The van der Waals surface area contributed by atoms with Crippen LogP contribution in [0.1, 0.15) is 30.0 Å². The second-order valence-electron chi connectivity index (χ2n) is 5.43. The number of benzene rings is 2. The molecule has 0 aliphatic heterocycles. The van der Waals surface area contributed by atoms with Crippen molar-refractivity contribution < 1.29 is 4.39 Å². The van der Waals surface area contributed by atoms with Crippen LogP contribution in [0.25, 0.3) is 0 Å². The molecule has 2 atom stereocenters. The molecule has 0 heterocycles. The van der Waals surface area contributed by atoms with Gasteiger partial charge in [-0.25, -0.2) is 4.39 Å². The Balaban J connectivity index is 2.09. The molecular weight excluding hydrogens is 281 g/mol. The largest absolute Gasteiger partial charge is 0.299 e. The molecule has 0 fully saturated rings. The van der Waals surface area contributed by atoms with Gasteiger partial charge in [-0.2, -0.15) is 12.6 Å². The summed E-state index contributed by atoms with van der Waals surface area (Å²) in [6.45, 7) is 2.89. The minimum atomic E-state index is -0.140. The van der Waals surface area contributed by atoms with E-state index in [9.17, 15) is 4.39 Å². The Morgan fingerprint density at radius 3 is 2.29 bits per heavy atom. The van der Waals surface area contributed by atoms with Crippen molar-refractivity contribution in [2.24, 2.45) is 0 Å². The normalized spacial score (nSPS) is 14.1. The summed E-state index contributed by atoms with van der Waals surface area (Å²) in [4.78, 5) is 2.19. The summed E-state index contributed by atoms with van der Waals surface area (Å²) in [5.41, 5.74) is 2.02. The highest BCUT2D eigenvalue weighted by atomic mass is 32.1. The second-order valence-corrected chi connectivity index (χ2v) is 5.79. The van der Waals surface area contributed by atoms with Crippen LogP contribution in [0.3, 0.4) is 0 Å². The molecule has 0 spiro atoms. The maximum absolute atomic E-state index is 13.9. The van der Waals surface area contributed by atoms with Gasteiger partial charge in [0.25, 0.3) is 0 Å². The van der Waals surface area contributed by atoms with Crippen molar-refractivity contribution in [3.63, 3.8) is 0 Å². The third-order valence-electron chi connectivity index (χ3n) is 4.02. The van der Waals surface area contributed by atoms with E-state index in [2.05, 4.69) is 29.7 Å². The Morgan fingerprint density at radius 1 is 1.05 bits per heavy atom. The maximum Gasteiger partial charge on any atom is 0.127 e. The van der Waals surface area contributed by atoms with Crippen molar-refractivity contribution in [3.8, 4) is 0 Å². The van der Waals surface area contributed by atoms with Gasteiger partial charge in [0.2, 0.25) is 0 Å². The zero-order valence-corrected chi connectivity index (χ0v) is 13.4. The Morgan fingerprint density at radius 2 is 1.67 bits per heavy atom. The topological polar surface area (TPSA) is 3.24 Å². The maximum atomic E-state index is 13.9. The van der Waals surface area contributed by atoms with E-state index >= 15 is 0 Å². The fourth-order valence-corrected chi connectivity index (χ4v) is 2.88. The molecule has 3 heteroatoms. The van der Waals surface area contributed by atoms with E-state index in [0.717, 1.165) is 17.9 Å². The van der Waals surface area contributed by atoms with Crippen LogP contribution in [0.15, 0.2) is 54.6 Å². The first-order chi connectivity index (χ1) is 10.1. The van der Waals surface area contributed by atoms with E-state index in [1.165, 1.54) is 11.6 Å². The monoisotopic (exact) mass is 303 g/mol. The molecule has 0 aliphatic carbocycles. The van der Waals surface area contributed by atoms with E-state index in [-0.39, 0.29) is 11.9 Å². The SMILES string of the molecule is CC(c1ccccc1F)N(C)CC(CS)c1ccccc1.